The number of rotatable bonds is 0. The first kappa shape index (κ1) is 2.95. The van der Waals surface area contributed by atoms with Crippen molar-refractivity contribution in [1.29, 1.82) is 0 Å². The molecule has 5 heavy (non-hydrogen) atoms. The zero-order valence-electron chi connectivity index (χ0n) is 3.07. The Morgan fingerprint density at radius 1 is 1.80 bits per heavy atom. The van der Waals surface area contributed by atoms with Crippen LogP contribution in [0.4, 0.5) is 0 Å². The molecule has 0 amide bonds. The van der Waals surface area contributed by atoms with Gasteiger partial charge in [0.1, 0.15) is 0 Å². The summed E-state index contributed by atoms with van der Waals surface area (Å²) in [7, 11) is 1.99. The van der Waals surface area contributed by atoms with Gasteiger partial charge in [0.05, 0.1) is 0 Å². The van der Waals surface area contributed by atoms with Gasteiger partial charge in [0.15, 0.2) is 0 Å². The van der Waals surface area contributed by atoms with Crippen LogP contribution in [-0.4, -0.2) is 19.6 Å². The molecule has 1 heterocycles. The van der Waals surface area contributed by atoms with Crippen molar-refractivity contribution in [3.05, 3.63) is 0 Å². The Morgan fingerprint density at radius 2 is 2.80 bits per heavy atom. The molecule has 0 atom stereocenters. The van der Waals surface area contributed by atoms with E-state index in [4.69, 9.17) is 0 Å². The van der Waals surface area contributed by atoms with Crippen LogP contribution in [-0.2, 0) is 0 Å². The standard InChI is InChI=1S/C3H6BN/c1-2-4-5-3-1/h2,5H,1,3H2. The molecule has 0 unspecified atom stereocenters. The van der Waals surface area contributed by atoms with Crippen LogP contribution in [0.3, 0.4) is 0 Å². The van der Waals surface area contributed by atoms with Crippen molar-refractivity contribution < 1.29 is 0 Å². The van der Waals surface area contributed by atoms with Crippen molar-refractivity contribution in [1.82, 2.24) is 5.23 Å². The summed E-state index contributed by atoms with van der Waals surface area (Å²) in [5.41, 5.74) is 0. The van der Waals surface area contributed by atoms with Gasteiger partial charge in [-0.25, -0.2) is 0 Å². The van der Waals surface area contributed by atoms with Crippen molar-refractivity contribution in [2.75, 3.05) is 6.54 Å². The minimum absolute atomic E-state index is 1.14. The van der Waals surface area contributed by atoms with E-state index in [1.54, 1.807) is 0 Å². The normalized spacial score (nSPS) is 17.6. The molecule has 0 saturated heterocycles. The molecule has 2 heteroatoms. The fourth-order valence-electron chi connectivity index (χ4n) is 0.417. The van der Waals surface area contributed by atoms with Crippen molar-refractivity contribution in [2.45, 2.75) is 6.42 Å². The molecular formula is C3H6BN. The molecule has 0 fully saturated rings. The van der Waals surface area contributed by atoms with E-state index in [-0.39, 0.29) is 0 Å². The van der Waals surface area contributed by atoms with E-state index >= 15 is 0 Å². The van der Waals surface area contributed by atoms with Crippen LogP contribution in [0.2, 0.25) is 0 Å². The molecule has 0 spiro atoms. The molecule has 0 bridgehead atoms. The predicted octanol–water partition coefficient (Wildman–Crippen LogP) is -0.599. The maximum absolute atomic E-state index is 3.04. The van der Waals surface area contributed by atoms with Gasteiger partial charge in [-0.15, -0.1) is 0 Å². The van der Waals surface area contributed by atoms with E-state index in [0.717, 1.165) is 6.54 Å². The summed E-state index contributed by atoms with van der Waals surface area (Å²) in [5.74, 6) is 2.12. The Labute approximate surface area is 32.3 Å². The molecule has 1 rings (SSSR count). The molecule has 0 aromatic rings. The fraction of sp³-hybridized carbons (Fsp3) is 0.667. The van der Waals surface area contributed by atoms with Gasteiger partial charge in [-0.05, 0) is 0 Å². The third-order valence-electron chi connectivity index (χ3n) is 0.691. The third kappa shape index (κ3) is 0.501. The quantitative estimate of drug-likeness (QED) is 0.373. The molecule has 1 N–H and O–H groups in total. The van der Waals surface area contributed by atoms with E-state index in [1.165, 1.54) is 6.42 Å². The molecule has 26 valence electrons. The average Bonchev–Trinajstić information content (AvgIpc) is 1.76. The molecule has 0 saturated carbocycles. The number of hydrogen-bond donors (Lipinski definition) is 1. The Morgan fingerprint density at radius 3 is 3.00 bits per heavy atom. The van der Waals surface area contributed by atoms with Crippen LogP contribution in [0.1, 0.15) is 6.42 Å². The molecule has 0 radical (unpaired) electrons. The average molecular weight is 66.9 g/mol. The van der Waals surface area contributed by atoms with Gasteiger partial charge in [-0.1, -0.05) is 0 Å². The summed E-state index contributed by atoms with van der Waals surface area (Å²) >= 11 is 0. The second-order valence-corrected chi connectivity index (χ2v) is 1.15. The van der Waals surface area contributed by atoms with Crippen LogP contribution in [0.25, 0.3) is 0 Å². The van der Waals surface area contributed by atoms with E-state index in [2.05, 4.69) is 11.2 Å². The van der Waals surface area contributed by atoms with Gasteiger partial charge >= 0.3 is 31.2 Å². The van der Waals surface area contributed by atoms with Gasteiger partial charge in [-0.3, -0.25) is 0 Å². The van der Waals surface area contributed by atoms with Gasteiger partial charge < -0.3 is 0 Å². The molecule has 0 aliphatic carbocycles. The first-order valence-electron chi connectivity index (χ1n) is 1.88. The van der Waals surface area contributed by atoms with Crippen LogP contribution in [0, 0.1) is 0 Å². The van der Waals surface area contributed by atoms with Crippen molar-refractivity contribution in [3.8, 4) is 0 Å². The van der Waals surface area contributed by atoms with Crippen LogP contribution in [0.5, 0.6) is 0 Å². The SMILES string of the molecule is B1=CCCN1. The third-order valence-corrected chi connectivity index (χ3v) is 0.691. The van der Waals surface area contributed by atoms with Gasteiger partial charge in [0.25, 0.3) is 0 Å². The zero-order chi connectivity index (χ0) is 3.54. The molecule has 1 aliphatic heterocycles. The second-order valence-electron chi connectivity index (χ2n) is 1.15. The molecule has 1 nitrogen and oxygen atoms in total. The molecule has 0 aromatic carbocycles. The van der Waals surface area contributed by atoms with Crippen LogP contribution < -0.4 is 5.23 Å². The second kappa shape index (κ2) is 1.25. The fourth-order valence-corrected chi connectivity index (χ4v) is 0.417. The summed E-state index contributed by atoms with van der Waals surface area (Å²) in [4.78, 5) is 0. The van der Waals surface area contributed by atoms with Crippen LogP contribution >= 0.6 is 0 Å². The maximum atomic E-state index is 3.04. The van der Waals surface area contributed by atoms with E-state index in [1.807, 2.05) is 7.06 Å². The van der Waals surface area contributed by atoms with Gasteiger partial charge in [0.2, 0.25) is 0 Å². The van der Waals surface area contributed by atoms with Crippen molar-refractivity contribution in [2.24, 2.45) is 0 Å². The summed E-state index contributed by atoms with van der Waals surface area (Å²) in [5, 5.41) is 3.04. The van der Waals surface area contributed by atoms with E-state index in [0.29, 0.717) is 0 Å². The summed E-state index contributed by atoms with van der Waals surface area (Å²) in [6.45, 7) is 1.14. The Hall–Kier alpha value is -0.265. The van der Waals surface area contributed by atoms with Gasteiger partial charge in [0, 0.05) is 0 Å². The monoisotopic (exact) mass is 67.1 g/mol. The topological polar surface area (TPSA) is 12.0 Å². The van der Waals surface area contributed by atoms with Crippen molar-refractivity contribution in [3.63, 3.8) is 0 Å². The number of hydrogen-bond acceptors (Lipinski definition) is 1. The first-order chi connectivity index (χ1) is 2.50. The van der Waals surface area contributed by atoms with E-state index < -0.39 is 0 Å². The predicted molar refractivity (Wildman–Crippen MR) is 24.4 cm³/mol. The summed E-state index contributed by atoms with van der Waals surface area (Å²) in [6.07, 6.45) is 1.21. The van der Waals surface area contributed by atoms with Crippen LogP contribution in [0.15, 0.2) is 0 Å². The zero-order valence-corrected chi connectivity index (χ0v) is 3.07. The van der Waals surface area contributed by atoms with Gasteiger partial charge in [-0.2, -0.15) is 0 Å². The summed E-state index contributed by atoms with van der Waals surface area (Å²) in [6, 6.07) is 0. The van der Waals surface area contributed by atoms with Crippen molar-refractivity contribution >= 4 is 13.0 Å². The Kier molecular flexibility index (Phi) is 0.734. The summed E-state index contributed by atoms with van der Waals surface area (Å²) < 4.78 is 0. The Balaban J connectivity index is 2.32. The van der Waals surface area contributed by atoms with E-state index in [9.17, 15) is 0 Å². The minimum atomic E-state index is 1.14. The molecule has 0 aromatic heterocycles. The number of nitrogens with one attached hydrogen (secondary N) is 1. The molecule has 1 aliphatic rings. The Bertz CT molecular complexity index is 44.9. The molecular weight excluding hydrogens is 60.9 g/mol. The first-order valence-corrected chi connectivity index (χ1v) is 1.88.